The number of hydrogen-bond donors (Lipinski definition) is 1. The number of ether oxygens (including phenoxy) is 1. The van der Waals surface area contributed by atoms with Crippen molar-refractivity contribution in [3.05, 3.63) is 40.5 Å². The predicted molar refractivity (Wildman–Crippen MR) is 74.3 cm³/mol. The first-order chi connectivity index (χ1) is 8.85. The lowest BCUT2D eigenvalue weighted by molar-refractivity contribution is 0.396. The Morgan fingerprint density at radius 2 is 2.33 bits per heavy atom. The fourth-order valence-corrected chi connectivity index (χ4v) is 2.87. The third-order valence-electron chi connectivity index (χ3n) is 2.82. The Balaban J connectivity index is 2.14. The van der Waals surface area contributed by atoms with Crippen LogP contribution in [0.4, 0.5) is 0 Å². The van der Waals surface area contributed by atoms with Crippen LogP contribution in [-0.4, -0.2) is 13.7 Å². The highest BCUT2D eigenvalue weighted by atomic mass is 32.1. The van der Waals surface area contributed by atoms with Crippen LogP contribution in [0.25, 0.3) is 0 Å². The van der Waals surface area contributed by atoms with Crippen molar-refractivity contribution >= 4 is 11.3 Å². The first-order valence-electron chi connectivity index (χ1n) is 6.22. The first-order valence-corrected chi connectivity index (χ1v) is 7.10. The van der Waals surface area contributed by atoms with Crippen molar-refractivity contribution in [2.45, 2.75) is 25.8 Å². The van der Waals surface area contributed by atoms with E-state index in [1.165, 1.54) is 4.88 Å². The molecule has 0 saturated carbocycles. The quantitative estimate of drug-likeness (QED) is 0.830. The summed E-state index contributed by atoms with van der Waals surface area (Å²) < 4.78 is 10.8. The minimum atomic E-state index is 0.256. The fraction of sp³-hybridized carbons (Fsp3) is 0.429. The van der Waals surface area contributed by atoms with Crippen molar-refractivity contribution in [3.8, 4) is 5.75 Å². The Morgan fingerprint density at radius 1 is 1.44 bits per heavy atom. The zero-order chi connectivity index (χ0) is 12.8. The molecule has 98 valence electrons. The lowest BCUT2D eigenvalue weighted by atomic mass is 10.1. The molecule has 4 heteroatoms. The van der Waals surface area contributed by atoms with Gasteiger partial charge in [0.05, 0.1) is 24.3 Å². The maximum Gasteiger partial charge on any atom is 0.134 e. The second kappa shape index (κ2) is 6.61. The van der Waals surface area contributed by atoms with E-state index in [9.17, 15) is 0 Å². The van der Waals surface area contributed by atoms with Crippen LogP contribution < -0.4 is 10.1 Å². The van der Waals surface area contributed by atoms with E-state index in [-0.39, 0.29) is 6.04 Å². The van der Waals surface area contributed by atoms with E-state index in [1.54, 1.807) is 24.7 Å². The maximum absolute atomic E-state index is 5.44. The van der Waals surface area contributed by atoms with Gasteiger partial charge in [0.15, 0.2) is 0 Å². The number of rotatable bonds is 7. The van der Waals surface area contributed by atoms with Gasteiger partial charge in [-0.05, 0) is 36.5 Å². The van der Waals surface area contributed by atoms with Crippen LogP contribution in [0.5, 0.6) is 5.75 Å². The summed E-state index contributed by atoms with van der Waals surface area (Å²) in [7, 11) is 1.72. The van der Waals surface area contributed by atoms with E-state index in [0.29, 0.717) is 0 Å². The van der Waals surface area contributed by atoms with E-state index in [1.807, 2.05) is 18.2 Å². The summed E-state index contributed by atoms with van der Waals surface area (Å²) in [5, 5.41) is 5.62. The lowest BCUT2D eigenvalue weighted by Gasteiger charge is -2.17. The van der Waals surface area contributed by atoms with Gasteiger partial charge in [0, 0.05) is 6.42 Å². The number of nitrogens with one attached hydrogen (secondary N) is 1. The number of hydrogen-bond acceptors (Lipinski definition) is 4. The van der Waals surface area contributed by atoms with Crippen LogP contribution >= 0.6 is 11.3 Å². The Bertz CT molecular complexity index is 450. The van der Waals surface area contributed by atoms with Gasteiger partial charge in [-0.15, -0.1) is 11.3 Å². The predicted octanol–water partition coefficient (Wildman–Crippen LogP) is 3.63. The van der Waals surface area contributed by atoms with Crippen LogP contribution in [0.2, 0.25) is 0 Å². The average molecular weight is 265 g/mol. The molecule has 0 saturated heterocycles. The van der Waals surface area contributed by atoms with Gasteiger partial charge in [-0.1, -0.05) is 6.92 Å². The molecular weight excluding hydrogens is 246 g/mol. The van der Waals surface area contributed by atoms with Gasteiger partial charge in [0.2, 0.25) is 0 Å². The van der Waals surface area contributed by atoms with Crippen LogP contribution in [0.15, 0.2) is 34.3 Å². The summed E-state index contributed by atoms with van der Waals surface area (Å²) in [5.74, 6) is 1.96. The number of furan rings is 1. The van der Waals surface area contributed by atoms with Crippen LogP contribution in [0.3, 0.4) is 0 Å². The largest absolute Gasteiger partial charge is 0.496 e. The highest BCUT2D eigenvalue weighted by Gasteiger charge is 2.18. The van der Waals surface area contributed by atoms with Crippen molar-refractivity contribution in [1.29, 1.82) is 0 Å². The van der Waals surface area contributed by atoms with Gasteiger partial charge < -0.3 is 14.5 Å². The molecule has 0 bridgehead atoms. The third-order valence-corrected chi connectivity index (χ3v) is 3.83. The minimum Gasteiger partial charge on any atom is -0.496 e. The van der Waals surface area contributed by atoms with Crippen LogP contribution in [-0.2, 0) is 6.42 Å². The molecule has 1 unspecified atom stereocenters. The molecule has 2 rings (SSSR count). The molecule has 0 fully saturated rings. The highest BCUT2D eigenvalue weighted by Crippen LogP contribution is 2.32. The first kappa shape index (κ1) is 13.2. The molecule has 3 nitrogen and oxygen atoms in total. The van der Waals surface area contributed by atoms with Crippen molar-refractivity contribution in [2.24, 2.45) is 0 Å². The lowest BCUT2D eigenvalue weighted by Crippen LogP contribution is -2.23. The summed E-state index contributed by atoms with van der Waals surface area (Å²) in [6, 6.07) is 6.22. The zero-order valence-electron chi connectivity index (χ0n) is 10.8. The van der Waals surface area contributed by atoms with Crippen molar-refractivity contribution in [1.82, 2.24) is 5.32 Å². The van der Waals surface area contributed by atoms with Crippen molar-refractivity contribution in [2.75, 3.05) is 13.7 Å². The minimum absolute atomic E-state index is 0.256. The van der Waals surface area contributed by atoms with Crippen molar-refractivity contribution in [3.63, 3.8) is 0 Å². The summed E-state index contributed by atoms with van der Waals surface area (Å²) in [5.41, 5.74) is 0. The number of thiophene rings is 1. The maximum atomic E-state index is 5.44. The van der Waals surface area contributed by atoms with Gasteiger partial charge in [0.25, 0.3) is 0 Å². The van der Waals surface area contributed by atoms with E-state index in [0.717, 1.165) is 30.9 Å². The Hall–Kier alpha value is -1.26. The molecule has 0 spiro atoms. The Kier molecular flexibility index (Phi) is 4.84. The molecule has 0 aliphatic rings. The summed E-state index contributed by atoms with van der Waals surface area (Å²) in [4.78, 5) is 1.24. The van der Waals surface area contributed by atoms with Gasteiger partial charge in [-0.3, -0.25) is 0 Å². The van der Waals surface area contributed by atoms with Crippen LogP contribution in [0, 0.1) is 0 Å². The van der Waals surface area contributed by atoms with Gasteiger partial charge in [0.1, 0.15) is 11.5 Å². The molecule has 0 radical (unpaired) electrons. The van der Waals surface area contributed by atoms with E-state index in [2.05, 4.69) is 17.6 Å². The summed E-state index contributed by atoms with van der Waals surface area (Å²) in [6.45, 7) is 3.16. The van der Waals surface area contributed by atoms with Gasteiger partial charge in [-0.2, -0.15) is 0 Å². The highest BCUT2D eigenvalue weighted by molar-refractivity contribution is 7.10. The van der Waals surface area contributed by atoms with E-state index >= 15 is 0 Å². The smallest absolute Gasteiger partial charge is 0.134 e. The molecular formula is C14H19NO2S. The number of methoxy groups -OCH3 is 1. The second-order valence-corrected chi connectivity index (χ2v) is 5.09. The van der Waals surface area contributed by atoms with E-state index < -0.39 is 0 Å². The van der Waals surface area contributed by atoms with Gasteiger partial charge >= 0.3 is 0 Å². The molecule has 1 atom stereocenters. The normalized spacial score (nSPS) is 12.6. The monoisotopic (exact) mass is 265 g/mol. The van der Waals surface area contributed by atoms with Crippen LogP contribution in [0.1, 0.15) is 30.0 Å². The fourth-order valence-electron chi connectivity index (χ4n) is 1.94. The Labute approximate surface area is 112 Å². The topological polar surface area (TPSA) is 34.4 Å². The second-order valence-electron chi connectivity index (χ2n) is 4.14. The summed E-state index contributed by atoms with van der Waals surface area (Å²) in [6.07, 6.45) is 3.68. The van der Waals surface area contributed by atoms with Gasteiger partial charge in [-0.25, -0.2) is 0 Å². The molecule has 2 aromatic heterocycles. The molecule has 0 aromatic carbocycles. The molecule has 2 heterocycles. The molecule has 0 amide bonds. The van der Waals surface area contributed by atoms with Crippen molar-refractivity contribution < 1.29 is 9.15 Å². The molecule has 1 N–H and O–H groups in total. The molecule has 0 aliphatic heterocycles. The Morgan fingerprint density at radius 3 is 3.00 bits per heavy atom. The molecule has 2 aromatic rings. The SMILES string of the molecule is CCCNC(Cc1ccco1)c1sccc1OC. The summed E-state index contributed by atoms with van der Waals surface area (Å²) >= 11 is 1.73. The van der Waals surface area contributed by atoms with E-state index in [4.69, 9.17) is 9.15 Å². The third kappa shape index (κ3) is 3.15. The molecule has 0 aliphatic carbocycles. The molecule has 18 heavy (non-hydrogen) atoms. The zero-order valence-corrected chi connectivity index (χ0v) is 11.6. The average Bonchev–Trinajstić information content (AvgIpc) is 3.04. The standard InChI is InChI=1S/C14H19NO2S/c1-3-7-15-12(10-11-5-4-8-17-11)14-13(16-2)6-9-18-14/h4-6,8-9,12,15H,3,7,10H2,1-2H3.